The van der Waals surface area contributed by atoms with Crippen LogP contribution < -0.4 is 5.32 Å². The fraction of sp³-hybridized carbons (Fsp3) is 0.0714. The molecule has 21 heavy (non-hydrogen) atoms. The molecule has 4 nitrogen and oxygen atoms in total. The lowest BCUT2D eigenvalue weighted by atomic mass is 10.0. The second-order valence-electron chi connectivity index (χ2n) is 4.05. The van der Waals surface area contributed by atoms with Gasteiger partial charge in [-0.1, -0.05) is 65.1 Å². The number of carbonyl (C=O) groups excluding carboxylic acids is 2. The van der Waals surface area contributed by atoms with Gasteiger partial charge in [0, 0.05) is 11.8 Å². The number of alkyl halides is 3. The molecule has 0 unspecified atom stereocenters. The Hall–Kier alpha value is -1.62. The van der Waals surface area contributed by atoms with Gasteiger partial charge in [0.05, 0.1) is 5.56 Å². The summed E-state index contributed by atoms with van der Waals surface area (Å²) in [6.45, 7) is 0. The van der Waals surface area contributed by atoms with Crippen LogP contribution in [0.25, 0.3) is 0 Å². The molecule has 0 atom stereocenters. The van der Waals surface area contributed by atoms with E-state index in [0.29, 0.717) is 5.56 Å². The molecule has 1 N–H and O–H groups in total. The second-order valence-corrected chi connectivity index (χ2v) is 6.33. The van der Waals surface area contributed by atoms with Crippen LogP contribution in [0.4, 0.5) is 5.82 Å². The van der Waals surface area contributed by atoms with Crippen LogP contribution in [0.5, 0.6) is 0 Å². The Morgan fingerprint density at radius 3 is 2.29 bits per heavy atom. The molecule has 0 saturated carbocycles. The van der Waals surface area contributed by atoms with E-state index in [9.17, 15) is 9.59 Å². The zero-order valence-corrected chi connectivity index (χ0v) is 12.8. The van der Waals surface area contributed by atoms with Crippen molar-refractivity contribution in [2.24, 2.45) is 0 Å². The number of pyridine rings is 1. The summed E-state index contributed by atoms with van der Waals surface area (Å²) in [4.78, 5) is 28.0. The molecule has 7 heteroatoms. The minimum Gasteiger partial charge on any atom is -0.306 e. The number of rotatable bonds is 3. The van der Waals surface area contributed by atoms with E-state index in [1.165, 1.54) is 12.3 Å². The van der Waals surface area contributed by atoms with Gasteiger partial charge in [0.2, 0.25) is 0 Å². The van der Waals surface area contributed by atoms with Gasteiger partial charge in [-0.05, 0) is 12.1 Å². The van der Waals surface area contributed by atoms with Crippen molar-refractivity contribution in [3.63, 3.8) is 0 Å². The SMILES string of the molecule is O=C(c1ccccc1)c1cccnc1NC(=O)C(Cl)(Cl)Cl. The number of hydrogen-bond donors (Lipinski definition) is 1. The molecule has 0 radical (unpaired) electrons. The monoisotopic (exact) mass is 342 g/mol. The maximum absolute atomic E-state index is 12.4. The number of hydrogen-bond acceptors (Lipinski definition) is 3. The zero-order valence-electron chi connectivity index (χ0n) is 10.5. The Balaban J connectivity index is 2.34. The minimum atomic E-state index is -2.13. The fourth-order valence-corrected chi connectivity index (χ4v) is 1.75. The van der Waals surface area contributed by atoms with Crippen molar-refractivity contribution < 1.29 is 9.59 Å². The van der Waals surface area contributed by atoms with Gasteiger partial charge in [0.25, 0.3) is 9.70 Å². The third-order valence-corrected chi connectivity index (χ3v) is 3.09. The highest BCUT2D eigenvalue weighted by Gasteiger charge is 2.31. The molecule has 1 amide bonds. The quantitative estimate of drug-likeness (QED) is 0.684. The second kappa shape index (κ2) is 6.43. The molecule has 0 aliphatic heterocycles. The van der Waals surface area contributed by atoms with Gasteiger partial charge < -0.3 is 5.32 Å². The van der Waals surface area contributed by atoms with E-state index in [1.807, 2.05) is 0 Å². The van der Waals surface area contributed by atoms with E-state index >= 15 is 0 Å². The van der Waals surface area contributed by atoms with Crippen molar-refractivity contribution in [3.8, 4) is 0 Å². The normalized spacial score (nSPS) is 11.0. The van der Waals surface area contributed by atoms with Gasteiger partial charge in [0.1, 0.15) is 5.82 Å². The van der Waals surface area contributed by atoms with E-state index in [1.54, 1.807) is 36.4 Å². The Morgan fingerprint density at radius 2 is 1.67 bits per heavy atom. The molecule has 0 aliphatic rings. The molecule has 108 valence electrons. The van der Waals surface area contributed by atoms with Crippen LogP contribution in [-0.4, -0.2) is 20.5 Å². The first-order valence-corrected chi connectivity index (χ1v) is 6.96. The standard InChI is InChI=1S/C14H9Cl3N2O2/c15-14(16,17)13(21)19-12-10(7-4-8-18-12)11(20)9-5-2-1-3-6-9/h1-8H,(H,18,19,21). The summed E-state index contributed by atoms with van der Waals surface area (Å²) >= 11 is 16.5. The average Bonchev–Trinajstić information content (AvgIpc) is 2.47. The molecule has 0 aliphatic carbocycles. The third-order valence-electron chi connectivity index (χ3n) is 2.58. The first-order chi connectivity index (χ1) is 9.89. The number of nitrogens with one attached hydrogen (secondary N) is 1. The maximum atomic E-state index is 12.4. The summed E-state index contributed by atoms with van der Waals surface area (Å²) < 4.78 is -2.13. The molecule has 0 bridgehead atoms. The largest absolute Gasteiger partial charge is 0.306 e. The number of nitrogens with zero attached hydrogens (tertiary/aromatic N) is 1. The van der Waals surface area contributed by atoms with Crippen molar-refractivity contribution in [3.05, 3.63) is 59.8 Å². The van der Waals surface area contributed by atoms with Gasteiger partial charge >= 0.3 is 0 Å². The average molecular weight is 344 g/mol. The number of aromatic nitrogens is 1. The van der Waals surface area contributed by atoms with E-state index < -0.39 is 9.70 Å². The Morgan fingerprint density at radius 1 is 1.00 bits per heavy atom. The van der Waals surface area contributed by atoms with Gasteiger partial charge in [-0.15, -0.1) is 0 Å². The van der Waals surface area contributed by atoms with Gasteiger partial charge in [0.15, 0.2) is 5.78 Å². The Labute approximate surface area is 136 Å². The maximum Gasteiger partial charge on any atom is 0.277 e. The minimum absolute atomic E-state index is 0.0441. The lowest BCUT2D eigenvalue weighted by molar-refractivity contribution is -0.115. The summed E-state index contributed by atoms with van der Waals surface area (Å²) in [6.07, 6.45) is 1.43. The predicted octanol–water partition coefficient (Wildman–Crippen LogP) is 3.62. The van der Waals surface area contributed by atoms with Crippen molar-refractivity contribution in [1.29, 1.82) is 0 Å². The number of benzene rings is 1. The van der Waals surface area contributed by atoms with Crippen molar-refractivity contribution in [2.75, 3.05) is 5.32 Å². The smallest absolute Gasteiger partial charge is 0.277 e. The van der Waals surface area contributed by atoms with Crippen LogP contribution in [0.2, 0.25) is 0 Å². The number of anilines is 1. The van der Waals surface area contributed by atoms with Crippen LogP contribution in [0.1, 0.15) is 15.9 Å². The van der Waals surface area contributed by atoms with E-state index in [2.05, 4.69) is 10.3 Å². The molecule has 2 aromatic rings. The van der Waals surface area contributed by atoms with E-state index in [4.69, 9.17) is 34.8 Å². The van der Waals surface area contributed by atoms with Crippen LogP contribution in [0.15, 0.2) is 48.7 Å². The molecule has 0 spiro atoms. The number of amides is 1. The summed E-state index contributed by atoms with van der Waals surface area (Å²) in [5.41, 5.74) is 0.682. The lowest BCUT2D eigenvalue weighted by Crippen LogP contribution is -2.28. The molecule has 2 rings (SSSR count). The molecule has 0 fully saturated rings. The molecular weight excluding hydrogens is 335 g/mol. The van der Waals surface area contributed by atoms with Crippen LogP contribution in [0, 0.1) is 0 Å². The van der Waals surface area contributed by atoms with E-state index in [-0.39, 0.29) is 17.2 Å². The molecule has 1 aromatic carbocycles. The van der Waals surface area contributed by atoms with Gasteiger partial charge in [-0.3, -0.25) is 9.59 Å². The highest BCUT2D eigenvalue weighted by atomic mass is 35.6. The van der Waals surface area contributed by atoms with Crippen molar-refractivity contribution in [2.45, 2.75) is 3.79 Å². The molecular formula is C14H9Cl3N2O2. The molecule has 1 heterocycles. The Kier molecular flexibility index (Phi) is 4.83. The predicted molar refractivity (Wildman–Crippen MR) is 83.0 cm³/mol. The third kappa shape index (κ3) is 3.94. The lowest BCUT2D eigenvalue weighted by Gasteiger charge is -2.13. The van der Waals surface area contributed by atoms with Gasteiger partial charge in [-0.25, -0.2) is 4.98 Å². The number of ketones is 1. The summed E-state index contributed by atoms with van der Waals surface area (Å²) in [5, 5.41) is 2.33. The molecule has 0 saturated heterocycles. The van der Waals surface area contributed by atoms with Crippen LogP contribution >= 0.6 is 34.8 Å². The van der Waals surface area contributed by atoms with E-state index in [0.717, 1.165) is 0 Å². The van der Waals surface area contributed by atoms with Gasteiger partial charge in [-0.2, -0.15) is 0 Å². The zero-order chi connectivity index (χ0) is 15.5. The first kappa shape index (κ1) is 15.8. The topological polar surface area (TPSA) is 59.1 Å². The molecule has 1 aromatic heterocycles. The number of halogens is 3. The fourth-order valence-electron chi connectivity index (χ4n) is 1.61. The van der Waals surface area contributed by atoms with Crippen LogP contribution in [0.3, 0.4) is 0 Å². The highest BCUT2D eigenvalue weighted by molar-refractivity contribution is 6.76. The van der Waals surface area contributed by atoms with Crippen LogP contribution in [-0.2, 0) is 4.79 Å². The number of carbonyl (C=O) groups is 2. The summed E-state index contributed by atoms with van der Waals surface area (Å²) in [7, 11) is 0. The Bertz CT molecular complexity index is 669. The summed E-state index contributed by atoms with van der Waals surface area (Å²) in [5.74, 6) is -1.13. The van der Waals surface area contributed by atoms with Crippen molar-refractivity contribution >= 4 is 52.3 Å². The first-order valence-electron chi connectivity index (χ1n) is 5.82. The van der Waals surface area contributed by atoms with Crippen molar-refractivity contribution in [1.82, 2.24) is 4.98 Å². The summed E-state index contributed by atoms with van der Waals surface area (Å²) in [6, 6.07) is 11.7. The highest BCUT2D eigenvalue weighted by Crippen LogP contribution is 2.28.